The van der Waals surface area contributed by atoms with E-state index in [1.165, 1.54) is 24.3 Å². The zero-order valence-electron chi connectivity index (χ0n) is 20.0. The second-order valence-electron chi connectivity index (χ2n) is 7.77. The Bertz CT molecular complexity index is 1220. The summed E-state index contributed by atoms with van der Waals surface area (Å²) in [6.07, 6.45) is 0. The monoisotopic (exact) mass is 485 g/mol. The van der Waals surface area contributed by atoms with Crippen molar-refractivity contribution < 1.29 is 24.5 Å². The lowest BCUT2D eigenvalue weighted by Crippen LogP contribution is -2.33. The Balaban J connectivity index is 0.000000201. The SMILES string of the molecule is Cc1ccccc1N(C(=N)N)c1ccccc1C.OB(Oc1ccccc1O)Oc1ccccc1O. The number of para-hydroxylation sites is 6. The number of benzene rings is 4. The van der Waals surface area contributed by atoms with Gasteiger partial charge in [0.15, 0.2) is 17.5 Å². The predicted molar refractivity (Wildman–Crippen MR) is 142 cm³/mol. The third kappa shape index (κ3) is 6.71. The lowest BCUT2D eigenvalue weighted by atomic mass is 10.1. The van der Waals surface area contributed by atoms with Gasteiger partial charge in [-0.2, -0.15) is 0 Å². The van der Waals surface area contributed by atoms with E-state index in [1.807, 2.05) is 62.4 Å². The number of guanidine groups is 1. The van der Waals surface area contributed by atoms with E-state index in [0.29, 0.717) is 0 Å². The molecule has 6 N–H and O–H groups in total. The van der Waals surface area contributed by atoms with Crippen molar-refractivity contribution in [2.24, 2.45) is 5.73 Å². The number of phenolic OH excluding ortho intramolecular Hbond substituents is 2. The van der Waals surface area contributed by atoms with Gasteiger partial charge in [-0.05, 0) is 61.4 Å². The fourth-order valence-electron chi connectivity index (χ4n) is 3.37. The lowest BCUT2D eigenvalue weighted by Gasteiger charge is -2.26. The van der Waals surface area contributed by atoms with E-state index >= 15 is 0 Å². The molecule has 8 nitrogen and oxygen atoms in total. The molecule has 4 aromatic rings. The third-order valence-corrected chi connectivity index (χ3v) is 5.14. The van der Waals surface area contributed by atoms with E-state index in [0.717, 1.165) is 22.5 Å². The maximum absolute atomic E-state index is 9.54. The molecular weight excluding hydrogens is 457 g/mol. The topological polar surface area (TPSA) is 132 Å². The van der Waals surface area contributed by atoms with Crippen molar-refractivity contribution in [2.75, 3.05) is 4.90 Å². The molecule has 4 rings (SSSR count). The first-order chi connectivity index (χ1) is 17.3. The fraction of sp³-hybridized carbons (Fsp3) is 0.0741. The van der Waals surface area contributed by atoms with Crippen LogP contribution in [0, 0.1) is 19.3 Å². The van der Waals surface area contributed by atoms with Gasteiger partial charge in [0.1, 0.15) is 11.5 Å². The van der Waals surface area contributed by atoms with Gasteiger partial charge in [0.05, 0.1) is 11.4 Å². The van der Waals surface area contributed by atoms with Crippen molar-refractivity contribution in [2.45, 2.75) is 13.8 Å². The second-order valence-corrected chi connectivity index (χ2v) is 7.77. The molecule has 0 fully saturated rings. The van der Waals surface area contributed by atoms with Crippen molar-refractivity contribution in [3.8, 4) is 23.0 Å². The molecule has 0 atom stereocenters. The molecule has 0 unspecified atom stereocenters. The summed E-state index contributed by atoms with van der Waals surface area (Å²) < 4.78 is 9.95. The van der Waals surface area contributed by atoms with Crippen LogP contribution in [0.3, 0.4) is 0 Å². The van der Waals surface area contributed by atoms with Crippen LogP contribution in [0.5, 0.6) is 23.0 Å². The summed E-state index contributed by atoms with van der Waals surface area (Å²) in [5.41, 5.74) is 9.82. The van der Waals surface area contributed by atoms with Crippen LogP contribution < -0.4 is 19.9 Å². The second kappa shape index (κ2) is 12.2. The molecule has 0 aliphatic rings. The van der Waals surface area contributed by atoms with Crippen molar-refractivity contribution in [3.63, 3.8) is 0 Å². The normalized spacial score (nSPS) is 9.97. The summed E-state index contributed by atoms with van der Waals surface area (Å²) >= 11 is 0. The molecule has 9 heteroatoms. The molecule has 0 spiro atoms. The Labute approximate surface area is 210 Å². The van der Waals surface area contributed by atoms with Gasteiger partial charge >= 0.3 is 7.32 Å². The molecule has 0 radical (unpaired) electrons. The molecule has 4 aromatic carbocycles. The molecule has 184 valence electrons. The number of nitrogens with zero attached hydrogens (tertiary/aromatic N) is 1. The molecule has 0 bridgehead atoms. The van der Waals surface area contributed by atoms with Gasteiger partial charge in [-0.3, -0.25) is 10.3 Å². The molecule has 0 saturated carbocycles. The average molecular weight is 485 g/mol. The zero-order chi connectivity index (χ0) is 26.1. The number of aryl methyl sites for hydroxylation is 2. The Morgan fingerprint density at radius 2 is 1.06 bits per heavy atom. The summed E-state index contributed by atoms with van der Waals surface area (Å²) in [7, 11) is -1.63. The minimum Gasteiger partial charge on any atom is -0.504 e. The number of aromatic hydroxyl groups is 2. The van der Waals surface area contributed by atoms with Gasteiger partial charge < -0.3 is 30.3 Å². The molecular formula is C27H28BN3O5. The molecule has 0 aromatic heterocycles. The minimum atomic E-state index is -1.63. The first kappa shape index (κ1) is 26.0. The van der Waals surface area contributed by atoms with Crippen molar-refractivity contribution in [1.82, 2.24) is 0 Å². The highest BCUT2D eigenvalue weighted by Crippen LogP contribution is 2.30. The Morgan fingerprint density at radius 3 is 1.42 bits per heavy atom. The molecule has 0 heterocycles. The quantitative estimate of drug-likeness (QED) is 0.150. The van der Waals surface area contributed by atoms with Gasteiger partial charge in [-0.15, -0.1) is 0 Å². The zero-order valence-corrected chi connectivity index (χ0v) is 20.0. The van der Waals surface area contributed by atoms with Crippen LogP contribution in [-0.4, -0.2) is 28.5 Å². The predicted octanol–water partition coefficient (Wildman–Crippen LogP) is 4.87. The third-order valence-electron chi connectivity index (χ3n) is 5.14. The van der Waals surface area contributed by atoms with Gasteiger partial charge in [0, 0.05) is 0 Å². The first-order valence-electron chi connectivity index (χ1n) is 11.1. The number of nitrogens with one attached hydrogen (secondary N) is 1. The minimum absolute atomic E-state index is 0.0265. The Hall–Kier alpha value is -4.63. The van der Waals surface area contributed by atoms with Crippen molar-refractivity contribution in [1.29, 1.82) is 5.41 Å². The summed E-state index contributed by atoms with van der Waals surface area (Å²) in [5, 5.41) is 36.2. The van der Waals surface area contributed by atoms with Crippen LogP contribution in [0.25, 0.3) is 0 Å². The number of anilines is 2. The van der Waals surface area contributed by atoms with E-state index in [-0.39, 0.29) is 29.0 Å². The number of rotatable bonds is 6. The molecule has 0 saturated heterocycles. The highest BCUT2D eigenvalue weighted by atomic mass is 16.7. The highest BCUT2D eigenvalue weighted by molar-refractivity contribution is 6.36. The number of phenols is 2. The average Bonchev–Trinajstić information content (AvgIpc) is 2.85. The summed E-state index contributed by atoms with van der Waals surface area (Å²) in [5.74, 6) is -0.0330. The van der Waals surface area contributed by atoms with E-state index < -0.39 is 7.32 Å². The summed E-state index contributed by atoms with van der Waals surface area (Å²) in [6, 6.07) is 28.2. The maximum atomic E-state index is 9.54. The first-order valence-corrected chi connectivity index (χ1v) is 11.1. The van der Waals surface area contributed by atoms with Crippen LogP contribution in [-0.2, 0) is 0 Å². The van der Waals surface area contributed by atoms with E-state index in [2.05, 4.69) is 0 Å². The van der Waals surface area contributed by atoms with Crippen LogP contribution in [0.4, 0.5) is 11.4 Å². The van der Waals surface area contributed by atoms with E-state index in [1.54, 1.807) is 29.2 Å². The van der Waals surface area contributed by atoms with E-state index in [9.17, 15) is 15.2 Å². The lowest BCUT2D eigenvalue weighted by molar-refractivity contribution is 0.284. The number of hydrogen-bond acceptors (Lipinski definition) is 6. The van der Waals surface area contributed by atoms with Crippen molar-refractivity contribution in [3.05, 3.63) is 108 Å². The van der Waals surface area contributed by atoms with Gasteiger partial charge in [0.25, 0.3) is 0 Å². The summed E-state index contributed by atoms with van der Waals surface area (Å²) in [4.78, 5) is 1.77. The van der Waals surface area contributed by atoms with Gasteiger partial charge in [-0.25, -0.2) is 0 Å². The smallest absolute Gasteiger partial charge is 0.504 e. The van der Waals surface area contributed by atoms with Crippen molar-refractivity contribution >= 4 is 24.7 Å². The maximum Gasteiger partial charge on any atom is 0.785 e. The van der Waals surface area contributed by atoms with Gasteiger partial charge in [0.2, 0.25) is 0 Å². The standard InChI is InChI=1S/C15H17N3.C12H11BO5/c1-11-7-3-5-9-13(11)18(15(16)17)14-10-6-4-8-12(14)2;14-9-5-1-3-7-11(9)17-13(16)18-12-8-4-2-6-10(12)15/h3-10H,1-2H3,(H3,16,17);1-8,14-16H. The van der Waals surface area contributed by atoms with Crippen LogP contribution in [0.15, 0.2) is 97.1 Å². The number of nitrogens with two attached hydrogens (primary N) is 1. The highest BCUT2D eigenvalue weighted by Gasteiger charge is 2.23. The molecule has 0 aliphatic heterocycles. The summed E-state index contributed by atoms with van der Waals surface area (Å²) in [6.45, 7) is 4.03. The fourth-order valence-corrected chi connectivity index (χ4v) is 3.37. The Kier molecular flexibility index (Phi) is 8.80. The van der Waals surface area contributed by atoms with Crippen LogP contribution in [0.1, 0.15) is 11.1 Å². The molecule has 36 heavy (non-hydrogen) atoms. The van der Waals surface area contributed by atoms with Crippen LogP contribution in [0.2, 0.25) is 0 Å². The van der Waals surface area contributed by atoms with E-state index in [4.69, 9.17) is 20.5 Å². The Morgan fingerprint density at radius 1 is 0.694 bits per heavy atom. The molecule has 0 aliphatic carbocycles. The molecule has 0 amide bonds. The van der Waals surface area contributed by atoms with Crippen LogP contribution >= 0.6 is 0 Å². The van der Waals surface area contributed by atoms with Gasteiger partial charge in [-0.1, -0.05) is 60.7 Å². The largest absolute Gasteiger partial charge is 0.785 e. The number of hydrogen-bond donors (Lipinski definition) is 5.